The number of nitrogens with zero attached hydrogens (tertiary/aromatic N) is 6. The van der Waals surface area contributed by atoms with Crippen LogP contribution in [0.15, 0.2) is 199 Å². The van der Waals surface area contributed by atoms with Crippen LogP contribution in [0.4, 0.5) is 5.69 Å². The third-order valence-corrected chi connectivity index (χ3v) is 13.4. The van der Waals surface area contributed by atoms with E-state index in [-0.39, 0.29) is 16.7 Å². The predicted molar refractivity (Wildman–Crippen MR) is 280 cm³/mol. The van der Waals surface area contributed by atoms with Gasteiger partial charge in [0, 0.05) is 56.4 Å². The van der Waals surface area contributed by atoms with Crippen LogP contribution in [-0.4, -0.2) is 14.5 Å². The van der Waals surface area contributed by atoms with Gasteiger partial charge in [0.1, 0.15) is 11.2 Å². The zero-order valence-electron chi connectivity index (χ0n) is 37.6. The van der Waals surface area contributed by atoms with Crippen molar-refractivity contribution < 1.29 is 4.42 Å². The third-order valence-electron chi connectivity index (χ3n) is 13.4. The average Bonchev–Trinajstić information content (AvgIpc) is 3.97. The predicted octanol–water partition coefficient (Wildman–Crippen LogP) is 15.0. The Morgan fingerprint density at radius 1 is 0.457 bits per heavy atom. The van der Waals surface area contributed by atoms with Crippen LogP contribution in [0.25, 0.3) is 116 Å². The number of nitrogen functional groups attached to an aromatic ring is 1. The van der Waals surface area contributed by atoms with Crippen molar-refractivity contribution in [3.8, 4) is 90.9 Å². The summed E-state index contributed by atoms with van der Waals surface area (Å²) < 4.78 is 9.96. The molecule has 326 valence electrons. The van der Waals surface area contributed by atoms with Gasteiger partial charge in [0.15, 0.2) is 5.82 Å². The molecule has 3 aromatic heterocycles. The van der Waals surface area contributed by atoms with Gasteiger partial charge >= 0.3 is 0 Å². The number of hydrogen-bond donors (Lipinski definition) is 1. The largest absolute Gasteiger partial charge is 0.454 e. The summed E-state index contributed by atoms with van der Waals surface area (Å²) in [4.78, 5) is 10.0. The lowest BCUT2D eigenvalue weighted by atomic mass is 9.80. The number of hydrogen-bond acceptors (Lipinski definition) is 7. The normalized spacial score (nSPS) is 11.2. The number of rotatable bonds is 7. The molecule has 0 spiro atoms. The number of nitrogens with two attached hydrogens (primary N) is 1. The maximum atomic E-state index is 10.2. The zero-order valence-corrected chi connectivity index (χ0v) is 37.6. The molecule has 0 amide bonds. The second-order valence-electron chi connectivity index (χ2n) is 17.2. The van der Waals surface area contributed by atoms with Crippen LogP contribution in [-0.2, 0) is 0 Å². The molecule has 3 heterocycles. The molecule has 0 aliphatic carbocycles. The number of benzene rings is 9. The maximum absolute atomic E-state index is 10.2. The quantitative estimate of drug-likeness (QED) is 0.157. The standard InChI is InChI=1S/C62H37N7O/c1-37-50(62-67-35-45(36-68-62)51-43(33-64)30-38(32-63)31-44(51)34-65)60-57(59(58(37)66)69-48-28-16-14-26-46(48)47-27-15-17-29-49(47)69)56-54(41-22-10-4-11-23-41)52(39-18-6-2-7-19-39)53(40-20-8-3-9-21-40)55(61(56)70-60)42-24-12-5-13-25-42/h2-31,35-36H,66H2,1H3. The van der Waals surface area contributed by atoms with E-state index in [2.05, 4.69) is 168 Å². The van der Waals surface area contributed by atoms with E-state index in [1.807, 2.05) is 31.2 Å². The van der Waals surface area contributed by atoms with Gasteiger partial charge in [-0.25, -0.2) is 9.97 Å². The molecular weight excluding hydrogens is 859 g/mol. The lowest BCUT2D eigenvalue weighted by Crippen LogP contribution is -2.06. The molecule has 12 aromatic rings. The number of furan rings is 1. The summed E-state index contributed by atoms with van der Waals surface area (Å²) in [5.41, 5.74) is 22.8. The van der Waals surface area contributed by atoms with Gasteiger partial charge in [-0.15, -0.1) is 0 Å². The maximum Gasteiger partial charge on any atom is 0.163 e. The van der Waals surface area contributed by atoms with Crippen molar-refractivity contribution in [3.63, 3.8) is 0 Å². The van der Waals surface area contributed by atoms with Gasteiger partial charge in [-0.2, -0.15) is 15.8 Å². The van der Waals surface area contributed by atoms with Gasteiger partial charge in [0.05, 0.1) is 68.3 Å². The molecule has 0 saturated carbocycles. The van der Waals surface area contributed by atoms with Crippen LogP contribution >= 0.6 is 0 Å². The Morgan fingerprint density at radius 3 is 1.37 bits per heavy atom. The Labute approximate surface area is 402 Å². The summed E-state index contributed by atoms with van der Waals surface area (Å²) in [6, 6.07) is 68.1. The Balaban J connectivity index is 1.32. The molecule has 2 N–H and O–H groups in total. The fourth-order valence-corrected chi connectivity index (χ4v) is 10.4. The van der Waals surface area contributed by atoms with Crippen molar-refractivity contribution in [3.05, 3.63) is 217 Å². The fourth-order valence-electron chi connectivity index (χ4n) is 10.4. The van der Waals surface area contributed by atoms with Gasteiger partial charge in [0.2, 0.25) is 0 Å². The number of nitriles is 3. The second-order valence-corrected chi connectivity index (χ2v) is 17.2. The highest BCUT2D eigenvalue weighted by molar-refractivity contribution is 6.29. The van der Waals surface area contributed by atoms with Crippen molar-refractivity contribution >= 4 is 49.4 Å². The molecule has 12 rings (SSSR count). The van der Waals surface area contributed by atoms with E-state index in [1.165, 1.54) is 12.1 Å². The third kappa shape index (κ3) is 6.35. The van der Waals surface area contributed by atoms with E-state index in [9.17, 15) is 15.8 Å². The van der Waals surface area contributed by atoms with Crippen molar-refractivity contribution in [2.24, 2.45) is 0 Å². The molecule has 0 aliphatic rings. The SMILES string of the molecule is Cc1c(N)c(-n2c3ccccc3c3ccccc32)c2c(oc3c(-c4ccccc4)c(-c4ccccc4)c(-c4ccccc4)c(-c4ccccc4)c32)c1-c1ncc(-c2c(C#N)cc(C#N)cc2C#N)cn1. The van der Waals surface area contributed by atoms with E-state index < -0.39 is 0 Å². The van der Waals surface area contributed by atoms with Crippen LogP contribution in [0.3, 0.4) is 0 Å². The van der Waals surface area contributed by atoms with Crippen LogP contribution < -0.4 is 5.73 Å². The van der Waals surface area contributed by atoms with Gasteiger partial charge in [0.25, 0.3) is 0 Å². The van der Waals surface area contributed by atoms with Crippen LogP contribution in [0.2, 0.25) is 0 Å². The van der Waals surface area contributed by atoms with Crippen LogP contribution in [0.5, 0.6) is 0 Å². The lowest BCUT2D eigenvalue weighted by Gasteiger charge is -2.23. The summed E-state index contributed by atoms with van der Waals surface area (Å²) in [6.45, 7) is 1.98. The van der Waals surface area contributed by atoms with Crippen molar-refractivity contribution in [2.45, 2.75) is 6.92 Å². The molecule has 0 bridgehead atoms. The molecule has 70 heavy (non-hydrogen) atoms. The lowest BCUT2D eigenvalue weighted by molar-refractivity contribution is 0.670. The molecule has 0 fully saturated rings. The van der Waals surface area contributed by atoms with Gasteiger partial charge in [-0.3, -0.25) is 0 Å². The first-order chi connectivity index (χ1) is 34.5. The number of fused-ring (bicyclic) bond motifs is 6. The van der Waals surface area contributed by atoms with Gasteiger partial charge < -0.3 is 14.7 Å². The zero-order chi connectivity index (χ0) is 47.5. The van der Waals surface area contributed by atoms with Gasteiger partial charge in [-0.1, -0.05) is 158 Å². The molecule has 9 aromatic carbocycles. The summed E-state index contributed by atoms with van der Waals surface area (Å²) in [7, 11) is 0. The van der Waals surface area contributed by atoms with E-state index in [1.54, 1.807) is 12.4 Å². The van der Waals surface area contributed by atoms with Crippen LogP contribution in [0.1, 0.15) is 22.3 Å². The summed E-state index contributed by atoms with van der Waals surface area (Å²) in [5, 5.41) is 33.9. The summed E-state index contributed by atoms with van der Waals surface area (Å²) in [5.74, 6) is 0.338. The molecular formula is C62H37N7O. The molecule has 8 nitrogen and oxygen atoms in total. The summed E-state index contributed by atoms with van der Waals surface area (Å²) in [6.07, 6.45) is 3.23. The first kappa shape index (κ1) is 41.4. The highest BCUT2D eigenvalue weighted by Gasteiger charge is 2.33. The molecule has 0 saturated heterocycles. The molecule has 8 heteroatoms. The molecule has 0 aliphatic heterocycles. The number of para-hydroxylation sites is 2. The van der Waals surface area contributed by atoms with E-state index >= 15 is 0 Å². The Bertz CT molecular complexity index is 4110. The molecule has 0 radical (unpaired) electrons. The van der Waals surface area contributed by atoms with E-state index in [4.69, 9.17) is 20.1 Å². The number of anilines is 1. The second kappa shape index (κ2) is 16.7. The highest BCUT2D eigenvalue weighted by Crippen LogP contribution is 2.56. The van der Waals surface area contributed by atoms with Crippen LogP contribution in [0, 0.1) is 40.9 Å². The van der Waals surface area contributed by atoms with Crippen molar-refractivity contribution in [1.29, 1.82) is 15.8 Å². The topological polar surface area (TPSA) is 141 Å². The molecule has 0 atom stereocenters. The Morgan fingerprint density at radius 2 is 0.886 bits per heavy atom. The Kier molecular flexibility index (Phi) is 9.85. The smallest absolute Gasteiger partial charge is 0.163 e. The van der Waals surface area contributed by atoms with Crippen molar-refractivity contribution in [1.82, 2.24) is 14.5 Å². The minimum Gasteiger partial charge on any atom is -0.454 e. The monoisotopic (exact) mass is 895 g/mol. The molecule has 0 unspecified atom stereocenters. The fraction of sp³-hybridized carbons (Fsp3) is 0.0161. The first-order valence-corrected chi connectivity index (χ1v) is 22.8. The first-order valence-electron chi connectivity index (χ1n) is 22.8. The van der Waals surface area contributed by atoms with Gasteiger partial charge in [-0.05, 0) is 64.6 Å². The number of aromatic nitrogens is 3. The highest BCUT2D eigenvalue weighted by atomic mass is 16.3. The Hall–Kier alpha value is -10.1. The average molecular weight is 896 g/mol. The van der Waals surface area contributed by atoms with E-state index in [0.29, 0.717) is 44.9 Å². The van der Waals surface area contributed by atoms with Crippen molar-refractivity contribution in [2.75, 3.05) is 5.73 Å². The minimum absolute atomic E-state index is 0.174. The van der Waals surface area contributed by atoms with E-state index in [0.717, 1.165) is 82.8 Å². The minimum atomic E-state index is 0.174. The summed E-state index contributed by atoms with van der Waals surface area (Å²) >= 11 is 0.